The SMILES string of the molecule is CCC1CC2C3CC4CC(C3C)C(C)(C1)C2(N=[N+]=[N-])C4. The third-order valence-electron chi connectivity index (χ3n) is 8.14. The quantitative estimate of drug-likeness (QED) is 0.378. The Kier molecular flexibility index (Phi) is 2.56. The van der Waals surface area contributed by atoms with Crippen molar-refractivity contribution in [2.45, 2.75) is 64.8 Å². The Hall–Kier alpha value is -0.690. The van der Waals surface area contributed by atoms with E-state index in [-0.39, 0.29) is 11.0 Å². The van der Waals surface area contributed by atoms with Gasteiger partial charge in [-0.1, -0.05) is 32.3 Å². The van der Waals surface area contributed by atoms with Crippen LogP contribution in [-0.2, 0) is 0 Å². The van der Waals surface area contributed by atoms with Gasteiger partial charge in [0.15, 0.2) is 0 Å². The predicted molar refractivity (Wildman–Crippen MR) is 80.0 cm³/mol. The predicted octanol–water partition coefficient (Wildman–Crippen LogP) is 5.17. The fourth-order valence-electron chi connectivity index (χ4n) is 7.39. The molecular formula is C17H27N3. The second-order valence-electron chi connectivity index (χ2n) is 8.52. The van der Waals surface area contributed by atoms with E-state index in [1.54, 1.807) is 0 Å². The van der Waals surface area contributed by atoms with Gasteiger partial charge in [0.2, 0.25) is 0 Å². The molecule has 0 heterocycles. The Balaban J connectivity index is 1.89. The van der Waals surface area contributed by atoms with Gasteiger partial charge in [0, 0.05) is 4.91 Å². The zero-order valence-corrected chi connectivity index (χ0v) is 13.0. The van der Waals surface area contributed by atoms with E-state index in [1.807, 2.05) is 0 Å². The lowest BCUT2D eigenvalue weighted by molar-refractivity contribution is -0.220. The third kappa shape index (κ3) is 1.27. The summed E-state index contributed by atoms with van der Waals surface area (Å²) < 4.78 is 0. The molecule has 0 saturated heterocycles. The largest absolute Gasteiger partial charge is 0.0864 e. The first-order valence-electron chi connectivity index (χ1n) is 8.62. The molecule has 5 aliphatic carbocycles. The maximum absolute atomic E-state index is 9.24. The van der Waals surface area contributed by atoms with Crippen LogP contribution in [0.2, 0.25) is 0 Å². The Morgan fingerprint density at radius 3 is 2.70 bits per heavy atom. The fourth-order valence-corrected chi connectivity index (χ4v) is 7.39. The molecule has 0 aromatic carbocycles. The summed E-state index contributed by atoms with van der Waals surface area (Å²) in [6, 6.07) is 0. The average molecular weight is 273 g/mol. The summed E-state index contributed by atoms with van der Waals surface area (Å²) >= 11 is 0. The van der Waals surface area contributed by atoms with Crippen LogP contribution >= 0.6 is 0 Å². The van der Waals surface area contributed by atoms with Gasteiger partial charge in [0.25, 0.3) is 0 Å². The minimum Gasteiger partial charge on any atom is -0.0864 e. The molecule has 110 valence electrons. The van der Waals surface area contributed by atoms with E-state index in [1.165, 1.54) is 38.5 Å². The van der Waals surface area contributed by atoms with E-state index >= 15 is 0 Å². The summed E-state index contributed by atoms with van der Waals surface area (Å²) in [4.78, 5) is 3.35. The van der Waals surface area contributed by atoms with Crippen LogP contribution in [0.25, 0.3) is 10.4 Å². The van der Waals surface area contributed by atoms with Gasteiger partial charge >= 0.3 is 0 Å². The molecule has 0 spiro atoms. The molecule has 8 atom stereocenters. The van der Waals surface area contributed by atoms with Crippen molar-refractivity contribution in [3.63, 3.8) is 0 Å². The Morgan fingerprint density at radius 2 is 2.00 bits per heavy atom. The van der Waals surface area contributed by atoms with Crippen LogP contribution in [0.1, 0.15) is 59.3 Å². The second-order valence-corrected chi connectivity index (χ2v) is 8.52. The highest BCUT2D eigenvalue weighted by atomic mass is 15.2. The molecule has 0 aromatic rings. The van der Waals surface area contributed by atoms with E-state index in [0.717, 1.165) is 29.6 Å². The molecule has 5 fully saturated rings. The van der Waals surface area contributed by atoms with Crippen molar-refractivity contribution in [2.24, 2.45) is 46.0 Å². The summed E-state index contributed by atoms with van der Waals surface area (Å²) in [5, 5.41) is 4.56. The van der Waals surface area contributed by atoms with Gasteiger partial charge in [-0.2, -0.15) is 0 Å². The lowest BCUT2D eigenvalue weighted by Crippen LogP contribution is -2.71. The maximum atomic E-state index is 9.24. The van der Waals surface area contributed by atoms with E-state index < -0.39 is 0 Å². The van der Waals surface area contributed by atoms with Gasteiger partial charge in [-0.05, 0) is 78.6 Å². The van der Waals surface area contributed by atoms with Crippen molar-refractivity contribution in [2.75, 3.05) is 0 Å². The molecule has 0 aliphatic heterocycles. The number of hydrogen-bond acceptors (Lipinski definition) is 1. The van der Waals surface area contributed by atoms with Crippen LogP contribution in [0.3, 0.4) is 0 Å². The van der Waals surface area contributed by atoms with E-state index in [0.29, 0.717) is 5.92 Å². The van der Waals surface area contributed by atoms with Gasteiger partial charge < -0.3 is 0 Å². The molecule has 0 amide bonds. The molecule has 0 N–H and O–H groups in total. The monoisotopic (exact) mass is 273 g/mol. The van der Waals surface area contributed by atoms with Crippen molar-refractivity contribution in [3.8, 4) is 0 Å². The summed E-state index contributed by atoms with van der Waals surface area (Å²) in [5.74, 6) is 4.86. The second kappa shape index (κ2) is 3.94. The number of rotatable bonds is 2. The molecule has 5 saturated carbocycles. The topological polar surface area (TPSA) is 48.8 Å². The molecular weight excluding hydrogens is 246 g/mol. The molecule has 0 aromatic heterocycles. The highest BCUT2D eigenvalue weighted by molar-refractivity contribution is 5.24. The van der Waals surface area contributed by atoms with Crippen molar-refractivity contribution in [1.82, 2.24) is 0 Å². The molecule has 0 radical (unpaired) electrons. The van der Waals surface area contributed by atoms with E-state index in [9.17, 15) is 5.53 Å². The average Bonchev–Trinajstić information content (AvgIpc) is 2.43. The van der Waals surface area contributed by atoms with Crippen molar-refractivity contribution in [3.05, 3.63) is 10.4 Å². The highest BCUT2D eigenvalue weighted by Crippen LogP contribution is 2.74. The van der Waals surface area contributed by atoms with Gasteiger partial charge in [0.05, 0.1) is 5.54 Å². The van der Waals surface area contributed by atoms with Gasteiger partial charge in [-0.15, -0.1) is 0 Å². The van der Waals surface area contributed by atoms with Crippen LogP contribution < -0.4 is 0 Å². The summed E-state index contributed by atoms with van der Waals surface area (Å²) in [6.45, 7) is 7.32. The molecule has 20 heavy (non-hydrogen) atoms. The smallest absolute Gasteiger partial charge is 0.0578 e. The lowest BCUT2D eigenvalue weighted by Gasteiger charge is -2.74. The molecule has 3 heteroatoms. The summed E-state index contributed by atoms with van der Waals surface area (Å²) in [7, 11) is 0. The van der Waals surface area contributed by atoms with Crippen molar-refractivity contribution < 1.29 is 0 Å². The first kappa shape index (κ1) is 13.0. The van der Waals surface area contributed by atoms with Gasteiger partial charge in [-0.25, -0.2) is 0 Å². The first-order valence-corrected chi connectivity index (χ1v) is 8.62. The lowest BCUT2D eigenvalue weighted by atomic mass is 9.32. The number of azide groups is 1. The zero-order valence-electron chi connectivity index (χ0n) is 13.0. The van der Waals surface area contributed by atoms with Crippen LogP contribution in [0, 0.1) is 40.9 Å². The molecule has 8 unspecified atom stereocenters. The van der Waals surface area contributed by atoms with Crippen LogP contribution in [0.5, 0.6) is 0 Å². The normalized spacial score (nSPS) is 59.4. The summed E-state index contributed by atoms with van der Waals surface area (Å²) in [5.41, 5.74) is 9.49. The maximum Gasteiger partial charge on any atom is 0.0578 e. The Morgan fingerprint density at radius 1 is 1.20 bits per heavy atom. The summed E-state index contributed by atoms with van der Waals surface area (Å²) in [6.07, 6.45) is 7.93. The van der Waals surface area contributed by atoms with Crippen molar-refractivity contribution in [1.29, 1.82) is 0 Å². The molecule has 6 bridgehead atoms. The molecule has 5 aliphatic rings. The zero-order chi connectivity index (χ0) is 14.1. The van der Waals surface area contributed by atoms with E-state index in [2.05, 4.69) is 30.8 Å². The van der Waals surface area contributed by atoms with Gasteiger partial charge in [0.1, 0.15) is 0 Å². The molecule has 5 rings (SSSR count). The number of nitrogens with zero attached hydrogens (tertiary/aromatic N) is 3. The number of hydrogen-bond donors (Lipinski definition) is 0. The minimum atomic E-state index is -0.0313. The van der Waals surface area contributed by atoms with Gasteiger partial charge in [-0.3, -0.25) is 0 Å². The minimum absolute atomic E-state index is 0.0313. The van der Waals surface area contributed by atoms with Crippen LogP contribution in [0.4, 0.5) is 0 Å². The van der Waals surface area contributed by atoms with E-state index in [4.69, 9.17) is 0 Å². The fraction of sp³-hybridized carbons (Fsp3) is 1.00. The standard InChI is InChI=1S/C17H27N3/c1-4-11-6-15-13-5-12-7-14(10(13)2)16(3,8-11)17(15,9-12)19-20-18/h10-15H,4-9H2,1-3H3. The van der Waals surface area contributed by atoms with Crippen LogP contribution in [0.15, 0.2) is 5.11 Å². The highest BCUT2D eigenvalue weighted by Gasteiger charge is 2.71. The Labute approximate surface area is 122 Å². The Bertz CT molecular complexity index is 483. The van der Waals surface area contributed by atoms with Crippen molar-refractivity contribution >= 4 is 0 Å². The third-order valence-corrected chi connectivity index (χ3v) is 8.14. The van der Waals surface area contributed by atoms with Crippen LogP contribution in [-0.4, -0.2) is 5.54 Å². The first-order chi connectivity index (χ1) is 9.55. The molecule has 3 nitrogen and oxygen atoms in total.